The second-order valence-corrected chi connectivity index (χ2v) is 12.5. The molecule has 4 fully saturated rings. The fourth-order valence-corrected chi connectivity index (χ4v) is 7.65. The minimum atomic E-state index is -3.48. The highest BCUT2D eigenvalue weighted by molar-refractivity contribution is 7.90. The van der Waals surface area contributed by atoms with Gasteiger partial charge >= 0.3 is 0 Å². The number of nitrogens with two attached hydrogens (primary N) is 1. The smallest absolute Gasteiger partial charge is 0.214 e. The molecular weight excluding hydrogens is 456 g/mol. The van der Waals surface area contributed by atoms with Gasteiger partial charge in [-0.3, -0.25) is 9.80 Å². The maximum atomic E-state index is 12.8. The van der Waals surface area contributed by atoms with Crippen molar-refractivity contribution in [2.24, 2.45) is 0 Å². The van der Waals surface area contributed by atoms with Gasteiger partial charge in [-0.2, -0.15) is 0 Å². The number of halogens is 1. The maximum Gasteiger partial charge on any atom is 0.214 e. The number of hydrogen-bond acceptors (Lipinski definition) is 7. The summed E-state index contributed by atoms with van der Waals surface area (Å²) in [6.07, 6.45) is 4.88. The van der Waals surface area contributed by atoms with Gasteiger partial charge in [-0.25, -0.2) is 13.1 Å². The van der Waals surface area contributed by atoms with Gasteiger partial charge in [-0.05, 0) is 38.5 Å². The van der Waals surface area contributed by atoms with Crippen LogP contribution >= 0.6 is 11.6 Å². The molecule has 0 spiro atoms. The van der Waals surface area contributed by atoms with E-state index in [1.165, 1.54) is 25.8 Å². The highest BCUT2D eigenvalue weighted by Gasteiger charge is 2.47. The van der Waals surface area contributed by atoms with Crippen molar-refractivity contribution in [3.63, 3.8) is 0 Å². The molecular formula is C21H40ClN4O5S+. The SMILES string of the molecule is O=S(=O)(NCC1OC(CO)C(O)C1N1CCN(C2CCCC[NH2+]2)CC1)C1CCC(Cl)CC1. The molecule has 1 aliphatic carbocycles. The first-order valence-electron chi connectivity index (χ1n) is 12.3. The Labute approximate surface area is 196 Å². The molecule has 5 atom stereocenters. The zero-order chi connectivity index (χ0) is 22.7. The number of aliphatic hydroxyl groups is 2. The molecule has 3 saturated heterocycles. The Bertz CT molecular complexity index is 694. The first-order chi connectivity index (χ1) is 15.4. The molecule has 0 aromatic rings. The second kappa shape index (κ2) is 11.1. The molecule has 9 nitrogen and oxygen atoms in total. The predicted octanol–water partition coefficient (Wildman–Crippen LogP) is -1.36. The van der Waals surface area contributed by atoms with Crippen molar-refractivity contribution in [3.05, 3.63) is 0 Å². The van der Waals surface area contributed by atoms with Crippen molar-refractivity contribution in [3.8, 4) is 0 Å². The van der Waals surface area contributed by atoms with Crippen molar-refractivity contribution in [1.29, 1.82) is 0 Å². The number of quaternary nitrogens is 1. The van der Waals surface area contributed by atoms with Gasteiger partial charge in [0.2, 0.25) is 10.0 Å². The molecule has 0 aromatic heterocycles. The van der Waals surface area contributed by atoms with E-state index in [0.717, 1.165) is 26.2 Å². The molecule has 3 aliphatic heterocycles. The van der Waals surface area contributed by atoms with E-state index in [1.807, 2.05) is 0 Å². The zero-order valence-electron chi connectivity index (χ0n) is 18.8. The summed E-state index contributed by atoms with van der Waals surface area (Å²) in [6, 6.07) is -0.328. The lowest BCUT2D eigenvalue weighted by molar-refractivity contribution is -0.717. The van der Waals surface area contributed by atoms with Crippen molar-refractivity contribution in [1.82, 2.24) is 14.5 Å². The third-order valence-corrected chi connectivity index (χ3v) is 10.2. The molecule has 5 unspecified atom stereocenters. The summed E-state index contributed by atoms with van der Waals surface area (Å²) >= 11 is 6.13. The van der Waals surface area contributed by atoms with Gasteiger partial charge < -0.3 is 20.3 Å². The van der Waals surface area contributed by atoms with Crippen LogP contribution in [0.4, 0.5) is 0 Å². The van der Waals surface area contributed by atoms with Crippen LogP contribution in [0, 0.1) is 0 Å². The number of alkyl halides is 1. The first-order valence-corrected chi connectivity index (χ1v) is 14.3. The van der Waals surface area contributed by atoms with Gasteiger partial charge in [-0.1, -0.05) is 0 Å². The van der Waals surface area contributed by atoms with E-state index >= 15 is 0 Å². The lowest BCUT2D eigenvalue weighted by atomic mass is 10.00. The van der Waals surface area contributed by atoms with Gasteiger partial charge in [0.25, 0.3) is 0 Å². The number of aliphatic hydroxyl groups excluding tert-OH is 2. The Balaban J connectivity index is 1.35. The monoisotopic (exact) mass is 495 g/mol. The van der Waals surface area contributed by atoms with E-state index in [2.05, 4.69) is 19.8 Å². The van der Waals surface area contributed by atoms with Crippen molar-refractivity contribution < 1.29 is 28.7 Å². The van der Waals surface area contributed by atoms with Crippen molar-refractivity contribution >= 4 is 21.6 Å². The fourth-order valence-electron chi connectivity index (χ4n) is 5.87. The minimum Gasteiger partial charge on any atom is -0.394 e. The van der Waals surface area contributed by atoms with E-state index in [0.29, 0.717) is 31.8 Å². The summed E-state index contributed by atoms with van der Waals surface area (Å²) in [7, 11) is -3.48. The van der Waals surface area contributed by atoms with Gasteiger partial charge in [0, 0.05) is 44.5 Å². The Morgan fingerprint density at radius 1 is 1.00 bits per heavy atom. The van der Waals surface area contributed by atoms with E-state index in [1.54, 1.807) is 0 Å². The molecule has 0 amide bonds. The van der Waals surface area contributed by atoms with Crippen LogP contribution in [0.3, 0.4) is 0 Å². The quantitative estimate of drug-likeness (QED) is 0.322. The molecule has 3 heterocycles. The van der Waals surface area contributed by atoms with Crippen molar-refractivity contribution in [2.45, 2.75) is 86.1 Å². The van der Waals surface area contributed by atoms with Crippen LogP contribution in [0.15, 0.2) is 0 Å². The number of rotatable bonds is 7. The summed E-state index contributed by atoms with van der Waals surface area (Å²) in [5.74, 6) is 0. The molecule has 0 radical (unpaired) electrons. The number of sulfonamides is 1. The number of nitrogens with zero attached hydrogens (tertiary/aromatic N) is 2. The summed E-state index contributed by atoms with van der Waals surface area (Å²) in [4.78, 5) is 4.74. The topological polar surface area (TPSA) is 119 Å². The van der Waals surface area contributed by atoms with Crippen molar-refractivity contribution in [2.75, 3.05) is 45.9 Å². The highest BCUT2D eigenvalue weighted by Crippen LogP contribution is 2.29. The number of nitrogens with one attached hydrogen (secondary N) is 1. The maximum absolute atomic E-state index is 12.8. The second-order valence-electron chi connectivity index (χ2n) is 9.80. The fraction of sp³-hybridized carbons (Fsp3) is 1.00. The molecule has 4 rings (SSSR count). The number of piperazine rings is 1. The zero-order valence-corrected chi connectivity index (χ0v) is 20.4. The molecule has 4 aliphatic rings. The van der Waals surface area contributed by atoms with E-state index in [-0.39, 0.29) is 24.6 Å². The summed E-state index contributed by atoms with van der Waals surface area (Å²) in [5.41, 5.74) is 0. The molecule has 1 saturated carbocycles. The number of piperidine rings is 1. The molecule has 11 heteroatoms. The summed E-state index contributed by atoms with van der Waals surface area (Å²) < 4.78 is 34.3. The number of ether oxygens (including phenoxy) is 1. The average Bonchev–Trinajstić information content (AvgIpc) is 3.14. The first kappa shape index (κ1) is 25.1. The van der Waals surface area contributed by atoms with E-state index in [4.69, 9.17) is 16.3 Å². The van der Waals surface area contributed by atoms with Crippen LogP contribution in [-0.4, -0.2) is 115 Å². The highest BCUT2D eigenvalue weighted by atomic mass is 35.5. The minimum absolute atomic E-state index is 0.0642. The van der Waals surface area contributed by atoms with Crippen LogP contribution < -0.4 is 10.0 Å². The Hall–Kier alpha value is -0.0400. The van der Waals surface area contributed by atoms with Crippen LogP contribution in [0.25, 0.3) is 0 Å². The third-order valence-electron chi connectivity index (χ3n) is 7.80. The van der Waals surface area contributed by atoms with Crippen LogP contribution in [-0.2, 0) is 14.8 Å². The van der Waals surface area contributed by atoms with E-state index in [9.17, 15) is 18.6 Å². The van der Waals surface area contributed by atoms with Gasteiger partial charge in [0.1, 0.15) is 18.4 Å². The Morgan fingerprint density at radius 3 is 2.31 bits per heavy atom. The summed E-state index contributed by atoms with van der Waals surface area (Å²) in [6.45, 7) is 4.47. The molecule has 5 N–H and O–H groups in total. The molecule has 32 heavy (non-hydrogen) atoms. The normalized spacial score (nSPS) is 40.5. The standard InChI is InChI=1S/C21H39ClN4O5S/c22-15-4-6-16(7-5-15)32(29,30)24-13-17-20(21(28)18(14-27)31-17)26-11-9-25(10-12-26)19-3-1-2-8-23-19/h15-21,23-24,27-28H,1-14H2/p+1. The van der Waals surface area contributed by atoms with Gasteiger partial charge in [-0.15, -0.1) is 11.6 Å². The largest absolute Gasteiger partial charge is 0.394 e. The van der Waals surface area contributed by atoms with Crippen LogP contribution in [0.5, 0.6) is 0 Å². The van der Waals surface area contributed by atoms with Crippen LogP contribution in [0.1, 0.15) is 44.9 Å². The third kappa shape index (κ3) is 5.78. The number of hydrogen-bond donors (Lipinski definition) is 4. The van der Waals surface area contributed by atoms with E-state index < -0.39 is 33.6 Å². The van der Waals surface area contributed by atoms with Crippen LogP contribution in [0.2, 0.25) is 0 Å². The van der Waals surface area contributed by atoms with Gasteiger partial charge in [0.15, 0.2) is 0 Å². The molecule has 0 aromatic carbocycles. The average molecular weight is 496 g/mol. The Morgan fingerprint density at radius 2 is 1.69 bits per heavy atom. The lowest BCUT2D eigenvalue weighted by Crippen LogP contribution is -2.95. The molecule has 186 valence electrons. The Kier molecular flexibility index (Phi) is 8.72. The summed E-state index contributed by atoms with van der Waals surface area (Å²) in [5, 5.41) is 22.6. The predicted molar refractivity (Wildman–Crippen MR) is 122 cm³/mol. The molecule has 0 bridgehead atoms. The lowest BCUT2D eigenvalue weighted by Gasteiger charge is -2.42. The van der Waals surface area contributed by atoms with Gasteiger partial charge in [0.05, 0.1) is 30.5 Å².